The van der Waals surface area contributed by atoms with Gasteiger partial charge in [-0.15, -0.1) is 11.8 Å². The number of carbonyl (C=O) groups is 1. The Bertz CT molecular complexity index is 554. The van der Waals surface area contributed by atoms with Crippen LogP contribution < -0.4 is 0 Å². The lowest BCUT2D eigenvalue weighted by molar-refractivity contribution is 0.102. The Hall–Kier alpha value is -1.32. The van der Waals surface area contributed by atoms with Crippen molar-refractivity contribution in [3.8, 4) is 0 Å². The van der Waals surface area contributed by atoms with E-state index in [-0.39, 0.29) is 17.4 Å². The molecular formula is C14H10ClFOS. The van der Waals surface area contributed by atoms with E-state index < -0.39 is 0 Å². The maximum absolute atomic E-state index is 12.7. The molecule has 0 aliphatic heterocycles. The molecule has 0 unspecified atom stereocenters. The van der Waals surface area contributed by atoms with Gasteiger partial charge in [-0.05, 0) is 36.4 Å². The van der Waals surface area contributed by atoms with Crippen molar-refractivity contribution >= 4 is 29.1 Å². The molecule has 0 spiro atoms. The minimum Gasteiger partial charge on any atom is -0.293 e. The predicted octanol–water partition coefficient (Wildman–Crippen LogP) is 4.45. The fraction of sp³-hybridized carbons (Fsp3) is 0.0714. The van der Waals surface area contributed by atoms with E-state index in [1.807, 2.05) is 0 Å². The van der Waals surface area contributed by atoms with Gasteiger partial charge in [-0.2, -0.15) is 0 Å². The van der Waals surface area contributed by atoms with E-state index in [1.54, 1.807) is 36.4 Å². The molecule has 1 nitrogen and oxygen atoms in total. The molecule has 0 aromatic heterocycles. The quantitative estimate of drug-likeness (QED) is 0.608. The van der Waals surface area contributed by atoms with Gasteiger partial charge < -0.3 is 0 Å². The van der Waals surface area contributed by atoms with E-state index in [0.717, 1.165) is 4.90 Å². The molecule has 0 N–H and O–H groups in total. The Labute approximate surface area is 114 Å². The molecular weight excluding hydrogens is 271 g/mol. The van der Waals surface area contributed by atoms with E-state index >= 15 is 0 Å². The van der Waals surface area contributed by atoms with Crippen LogP contribution in [0.2, 0.25) is 5.02 Å². The van der Waals surface area contributed by atoms with Crippen LogP contribution in [0.5, 0.6) is 0 Å². The number of carbonyl (C=O) groups excluding carboxylic acids is 1. The van der Waals surface area contributed by atoms with Crippen molar-refractivity contribution in [2.45, 2.75) is 4.90 Å². The largest absolute Gasteiger partial charge is 0.293 e. The normalized spacial score (nSPS) is 10.3. The summed E-state index contributed by atoms with van der Waals surface area (Å²) < 4.78 is 12.7. The van der Waals surface area contributed by atoms with Gasteiger partial charge in [0.1, 0.15) is 5.82 Å². The molecule has 2 rings (SSSR count). The van der Waals surface area contributed by atoms with Gasteiger partial charge in [-0.1, -0.05) is 23.7 Å². The highest BCUT2D eigenvalue weighted by Gasteiger charge is 2.09. The summed E-state index contributed by atoms with van der Waals surface area (Å²) in [7, 11) is 0. The molecule has 0 saturated carbocycles. The molecule has 4 heteroatoms. The number of Topliss-reactive ketones (excluding diaryl/α,β-unsaturated/α-hetero) is 1. The van der Waals surface area contributed by atoms with Crippen LogP contribution in [0, 0.1) is 5.82 Å². The number of hydrogen-bond donors (Lipinski definition) is 0. The van der Waals surface area contributed by atoms with Gasteiger partial charge in [0, 0.05) is 10.5 Å². The first-order valence-electron chi connectivity index (χ1n) is 5.33. The van der Waals surface area contributed by atoms with E-state index in [1.165, 1.54) is 23.9 Å². The molecule has 0 heterocycles. The van der Waals surface area contributed by atoms with Gasteiger partial charge in [0.15, 0.2) is 5.78 Å². The molecule has 0 radical (unpaired) electrons. The maximum Gasteiger partial charge on any atom is 0.174 e. The van der Waals surface area contributed by atoms with Crippen molar-refractivity contribution in [3.05, 3.63) is 64.9 Å². The Balaban J connectivity index is 2.01. The van der Waals surface area contributed by atoms with Crippen molar-refractivity contribution in [1.82, 2.24) is 0 Å². The standard InChI is InChI=1S/C14H10ClFOS/c15-13-4-2-1-3-12(13)14(17)9-18-11-7-5-10(16)6-8-11/h1-8H,9H2. The number of thioether (sulfide) groups is 1. The predicted molar refractivity (Wildman–Crippen MR) is 72.9 cm³/mol. The van der Waals surface area contributed by atoms with Crippen LogP contribution in [0.15, 0.2) is 53.4 Å². The maximum atomic E-state index is 12.7. The Kier molecular flexibility index (Phi) is 4.39. The van der Waals surface area contributed by atoms with E-state index in [9.17, 15) is 9.18 Å². The molecule has 0 fully saturated rings. The van der Waals surface area contributed by atoms with Crippen molar-refractivity contribution in [2.75, 3.05) is 5.75 Å². The molecule has 0 bridgehead atoms. The van der Waals surface area contributed by atoms with Crippen LogP contribution in [-0.4, -0.2) is 11.5 Å². The molecule has 0 saturated heterocycles. The van der Waals surface area contributed by atoms with Crippen molar-refractivity contribution < 1.29 is 9.18 Å². The second kappa shape index (κ2) is 6.03. The topological polar surface area (TPSA) is 17.1 Å². The monoisotopic (exact) mass is 280 g/mol. The Morgan fingerprint density at radius 1 is 1.11 bits per heavy atom. The third kappa shape index (κ3) is 3.34. The van der Waals surface area contributed by atoms with Crippen LogP contribution in [0.25, 0.3) is 0 Å². The zero-order valence-electron chi connectivity index (χ0n) is 9.40. The van der Waals surface area contributed by atoms with E-state index in [0.29, 0.717) is 10.6 Å². The van der Waals surface area contributed by atoms with E-state index in [4.69, 9.17) is 11.6 Å². The van der Waals surface area contributed by atoms with Gasteiger partial charge in [-0.3, -0.25) is 4.79 Å². The number of ketones is 1. The highest BCUT2D eigenvalue weighted by atomic mass is 35.5. The highest BCUT2D eigenvalue weighted by Crippen LogP contribution is 2.22. The third-order valence-electron chi connectivity index (χ3n) is 2.36. The average molecular weight is 281 g/mol. The molecule has 2 aromatic carbocycles. The molecule has 2 aromatic rings. The summed E-state index contributed by atoms with van der Waals surface area (Å²) in [6, 6.07) is 13.0. The first kappa shape index (κ1) is 13.1. The van der Waals surface area contributed by atoms with Crippen molar-refractivity contribution in [2.24, 2.45) is 0 Å². The summed E-state index contributed by atoms with van der Waals surface area (Å²) in [5.74, 6) is -0.0262. The highest BCUT2D eigenvalue weighted by molar-refractivity contribution is 8.00. The van der Waals surface area contributed by atoms with Gasteiger partial charge in [-0.25, -0.2) is 4.39 Å². The van der Waals surface area contributed by atoms with Crippen LogP contribution in [-0.2, 0) is 0 Å². The lowest BCUT2D eigenvalue weighted by atomic mass is 10.1. The first-order chi connectivity index (χ1) is 8.66. The summed E-state index contributed by atoms with van der Waals surface area (Å²) in [6.45, 7) is 0. The second-order valence-corrected chi connectivity index (χ2v) is 5.10. The summed E-state index contributed by atoms with van der Waals surface area (Å²) in [6.07, 6.45) is 0. The zero-order valence-corrected chi connectivity index (χ0v) is 11.0. The van der Waals surface area contributed by atoms with Crippen LogP contribution in [0.4, 0.5) is 4.39 Å². The van der Waals surface area contributed by atoms with Crippen LogP contribution in [0.3, 0.4) is 0 Å². The molecule has 0 atom stereocenters. The fourth-order valence-corrected chi connectivity index (χ4v) is 2.47. The lowest BCUT2D eigenvalue weighted by Gasteiger charge is -2.03. The van der Waals surface area contributed by atoms with E-state index in [2.05, 4.69) is 0 Å². The number of benzene rings is 2. The van der Waals surface area contributed by atoms with Gasteiger partial charge in [0.2, 0.25) is 0 Å². The zero-order chi connectivity index (χ0) is 13.0. The molecule has 92 valence electrons. The third-order valence-corrected chi connectivity index (χ3v) is 3.70. The average Bonchev–Trinajstić information content (AvgIpc) is 2.38. The first-order valence-corrected chi connectivity index (χ1v) is 6.69. The Morgan fingerprint density at radius 2 is 1.78 bits per heavy atom. The second-order valence-electron chi connectivity index (χ2n) is 3.65. The summed E-state index contributed by atoms with van der Waals surface area (Å²) in [4.78, 5) is 12.8. The number of halogens is 2. The van der Waals surface area contributed by atoms with Gasteiger partial charge in [0.25, 0.3) is 0 Å². The molecule has 0 aliphatic carbocycles. The molecule has 0 aliphatic rings. The smallest absolute Gasteiger partial charge is 0.174 e. The molecule has 0 amide bonds. The number of hydrogen-bond acceptors (Lipinski definition) is 2. The minimum absolute atomic E-state index is 0.0325. The SMILES string of the molecule is O=C(CSc1ccc(F)cc1)c1ccccc1Cl. The summed E-state index contributed by atoms with van der Waals surface area (Å²) in [5, 5.41) is 0.460. The lowest BCUT2D eigenvalue weighted by Crippen LogP contribution is -2.02. The van der Waals surface area contributed by atoms with Crippen LogP contribution >= 0.6 is 23.4 Å². The van der Waals surface area contributed by atoms with Crippen LogP contribution in [0.1, 0.15) is 10.4 Å². The Morgan fingerprint density at radius 3 is 2.44 bits per heavy atom. The van der Waals surface area contributed by atoms with Crippen molar-refractivity contribution in [3.63, 3.8) is 0 Å². The minimum atomic E-state index is -0.281. The number of rotatable bonds is 4. The van der Waals surface area contributed by atoms with Gasteiger partial charge in [0.05, 0.1) is 10.8 Å². The van der Waals surface area contributed by atoms with Crippen molar-refractivity contribution in [1.29, 1.82) is 0 Å². The molecule has 18 heavy (non-hydrogen) atoms. The van der Waals surface area contributed by atoms with Gasteiger partial charge >= 0.3 is 0 Å². The fourth-order valence-electron chi connectivity index (χ4n) is 1.44. The summed E-state index contributed by atoms with van der Waals surface area (Å²) >= 11 is 7.31. The summed E-state index contributed by atoms with van der Waals surface area (Å²) in [5.41, 5.74) is 0.522.